The Hall–Kier alpha value is -1.77. The lowest BCUT2D eigenvalue weighted by Gasteiger charge is -2.09. The van der Waals surface area contributed by atoms with E-state index in [1.54, 1.807) is 0 Å². The summed E-state index contributed by atoms with van der Waals surface area (Å²) in [6.07, 6.45) is 5.06. The number of nitrogens with one attached hydrogen (secondary N) is 1. The summed E-state index contributed by atoms with van der Waals surface area (Å²) in [4.78, 5) is 0. The first-order chi connectivity index (χ1) is 8.33. The molecule has 2 aromatic rings. The fourth-order valence-electron chi connectivity index (χ4n) is 1.87. The van der Waals surface area contributed by atoms with Crippen molar-refractivity contribution in [2.24, 2.45) is 0 Å². The fourth-order valence-corrected chi connectivity index (χ4v) is 1.87. The number of rotatable bonds is 5. The topological polar surface area (TPSA) is 29.9 Å². The Balaban J connectivity index is 2.01. The second-order valence-corrected chi connectivity index (χ2v) is 4.07. The van der Waals surface area contributed by atoms with Crippen molar-refractivity contribution in [3.05, 3.63) is 47.8 Å². The fraction of sp³-hybridized carbons (Fsp3) is 0.357. The molecule has 0 spiro atoms. The van der Waals surface area contributed by atoms with E-state index in [-0.39, 0.29) is 0 Å². The van der Waals surface area contributed by atoms with E-state index < -0.39 is 0 Å². The van der Waals surface area contributed by atoms with Crippen LogP contribution in [0.3, 0.4) is 0 Å². The van der Waals surface area contributed by atoms with Gasteiger partial charge in [0.2, 0.25) is 0 Å². The molecule has 2 rings (SSSR count). The van der Waals surface area contributed by atoms with Gasteiger partial charge in [0, 0.05) is 30.5 Å². The zero-order chi connectivity index (χ0) is 12.1. The van der Waals surface area contributed by atoms with Crippen molar-refractivity contribution >= 4 is 5.69 Å². The third-order valence-electron chi connectivity index (χ3n) is 2.89. The Labute approximate surface area is 102 Å². The van der Waals surface area contributed by atoms with Gasteiger partial charge in [0.25, 0.3) is 0 Å². The number of hydrogen-bond donors (Lipinski definition) is 1. The smallest absolute Gasteiger partial charge is 0.0539 e. The van der Waals surface area contributed by atoms with Crippen molar-refractivity contribution in [3.8, 4) is 0 Å². The van der Waals surface area contributed by atoms with E-state index in [9.17, 15) is 0 Å². The Kier molecular flexibility index (Phi) is 3.81. The summed E-state index contributed by atoms with van der Waals surface area (Å²) in [7, 11) is 0. The molecule has 0 saturated carbocycles. The molecule has 0 amide bonds. The molecule has 1 aromatic heterocycles. The van der Waals surface area contributed by atoms with Crippen molar-refractivity contribution < 1.29 is 0 Å². The number of aryl methyl sites for hydroxylation is 2. The summed E-state index contributed by atoms with van der Waals surface area (Å²) < 4.78 is 1.95. The molecular formula is C14H19N3. The van der Waals surface area contributed by atoms with Crippen LogP contribution in [-0.4, -0.2) is 9.78 Å². The van der Waals surface area contributed by atoms with E-state index in [0.29, 0.717) is 0 Å². The number of nitrogens with zero attached hydrogens (tertiary/aromatic N) is 2. The van der Waals surface area contributed by atoms with Gasteiger partial charge in [-0.05, 0) is 25.0 Å². The van der Waals surface area contributed by atoms with Gasteiger partial charge in [-0.1, -0.05) is 25.1 Å². The normalized spacial score (nSPS) is 10.5. The molecule has 3 nitrogen and oxygen atoms in total. The maximum Gasteiger partial charge on any atom is 0.0539 e. The maximum atomic E-state index is 4.27. The van der Waals surface area contributed by atoms with Crippen LogP contribution in [0.1, 0.15) is 25.0 Å². The molecule has 0 bridgehead atoms. The van der Waals surface area contributed by atoms with Gasteiger partial charge in [0.1, 0.15) is 0 Å². The summed E-state index contributed by atoms with van der Waals surface area (Å²) >= 11 is 0. The van der Waals surface area contributed by atoms with E-state index in [2.05, 4.69) is 54.7 Å². The second kappa shape index (κ2) is 5.53. The molecule has 90 valence electrons. The number of para-hydroxylation sites is 1. The third kappa shape index (κ3) is 2.87. The Bertz CT molecular complexity index is 474. The second-order valence-electron chi connectivity index (χ2n) is 4.07. The standard InChI is InChI=1S/C14H19N3/c1-3-13-7-5-6-8-14(13)15-9-12-10-16-17(4-2)11-12/h5-8,10-11,15H,3-4,9H2,1-2H3. The molecule has 1 aromatic carbocycles. The molecule has 0 aliphatic heterocycles. The summed E-state index contributed by atoms with van der Waals surface area (Å²) in [6, 6.07) is 8.44. The highest BCUT2D eigenvalue weighted by atomic mass is 15.3. The summed E-state index contributed by atoms with van der Waals surface area (Å²) in [6.45, 7) is 6.02. The molecule has 17 heavy (non-hydrogen) atoms. The van der Waals surface area contributed by atoms with Crippen LogP contribution in [0.5, 0.6) is 0 Å². The predicted molar refractivity (Wildman–Crippen MR) is 71.0 cm³/mol. The maximum absolute atomic E-state index is 4.27. The molecular weight excluding hydrogens is 210 g/mol. The number of anilines is 1. The molecule has 0 fully saturated rings. The van der Waals surface area contributed by atoms with Crippen LogP contribution < -0.4 is 5.32 Å². The van der Waals surface area contributed by atoms with Crippen LogP contribution in [-0.2, 0) is 19.5 Å². The number of aromatic nitrogens is 2. The van der Waals surface area contributed by atoms with E-state index in [0.717, 1.165) is 19.5 Å². The quantitative estimate of drug-likeness (QED) is 0.854. The Morgan fingerprint density at radius 1 is 1.24 bits per heavy atom. The number of benzene rings is 1. The summed E-state index contributed by atoms with van der Waals surface area (Å²) in [5.74, 6) is 0. The molecule has 0 unspecified atom stereocenters. The van der Waals surface area contributed by atoms with E-state index in [4.69, 9.17) is 0 Å². The average Bonchev–Trinajstić information content (AvgIpc) is 2.84. The van der Waals surface area contributed by atoms with Crippen molar-refractivity contribution in [1.29, 1.82) is 0 Å². The van der Waals surface area contributed by atoms with Gasteiger partial charge in [-0.2, -0.15) is 5.10 Å². The highest BCUT2D eigenvalue weighted by molar-refractivity contribution is 5.51. The van der Waals surface area contributed by atoms with Crippen LogP contribution >= 0.6 is 0 Å². The summed E-state index contributed by atoms with van der Waals surface area (Å²) in [5, 5.41) is 7.73. The van der Waals surface area contributed by atoms with Gasteiger partial charge in [-0.15, -0.1) is 0 Å². The van der Waals surface area contributed by atoms with Crippen LogP contribution in [0.4, 0.5) is 5.69 Å². The highest BCUT2D eigenvalue weighted by Gasteiger charge is 2.00. The van der Waals surface area contributed by atoms with Crippen LogP contribution in [0.15, 0.2) is 36.7 Å². The monoisotopic (exact) mass is 229 g/mol. The molecule has 3 heteroatoms. The van der Waals surface area contributed by atoms with Crippen LogP contribution in [0, 0.1) is 0 Å². The predicted octanol–water partition coefficient (Wildman–Crippen LogP) is 3.08. The van der Waals surface area contributed by atoms with Gasteiger partial charge in [-0.25, -0.2) is 0 Å². The van der Waals surface area contributed by atoms with Gasteiger partial charge in [-0.3, -0.25) is 4.68 Å². The zero-order valence-electron chi connectivity index (χ0n) is 10.5. The van der Waals surface area contributed by atoms with Gasteiger partial charge < -0.3 is 5.32 Å². The van der Waals surface area contributed by atoms with Crippen molar-refractivity contribution in [1.82, 2.24) is 9.78 Å². The molecule has 1 N–H and O–H groups in total. The molecule has 0 atom stereocenters. The first kappa shape index (κ1) is 11.7. The van der Waals surface area contributed by atoms with Crippen molar-refractivity contribution in [3.63, 3.8) is 0 Å². The third-order valence-corrected chi connectivity index (χ3v) is 2.89. The van der Waals surface area contributed by atoms with Crippen molar-refractivity contribution in [2.75, 3.05) is 5.32 Å². The lowest BCUT2D eigenvalue weighted by atomic mass is 10.1. The van der Waals surface area contributed by atoms with E-state index in [1.807, 2.05) is 10.9 Å². The minimum absolute atomic E-state index is 0.830. The van der Waals surface area contributed by atoms with Crippen LogP contribution in [0.2, 0.25) is 0 Å². The SMILES string of the molecule is CCc1ccccc1NCc1cnn(CC)c1. The minimum Gasteiger partial charge on any atom is -0.381 e. The highest BCUT2D eigenvalue weighted by Crippen LogP contribution is 2.16. The molecule has 0 radical (unpaired) electrons. The molecule has 0 aliphatic carbocycles. The van der Waals surface area contributed by atoms with E-state index in [1.165, 1.54) is 16.8 Å². The zero-order valence-corrected chi connectivity index (χ0v) is 10.5. The molecule has 0 saturated heterocycles. The van der Waals surface area contributed by atoms with Crippen molar-refractivity contribution in [2.45, 2.75) is 33.4 Å². The summed E-state index contributed by atoms with van der Waals surface area (Å²) in [5.41, 5.74) is 3.80. The minimum atomic E-state index is 0.830. The van der Waals surface area contributed by atoms with Gasteiger partial charge in [0.15, 0.2) is 0 Å². The van der Waals surface area contributed by atoms with Gasteiger partial charge in [0.05, 0.1) is 6.20 Å². The average molecular weight is 229 g/mol. The first-order valence-corrected chi connectivity index (χ1v) is 6.16. The molecule has 0 aliphatic rings. The van der Waals surface area contributed by atoms with Gasteiger partial charge >= 0.3 is 0 Å². The number of hydrogen-bond acceptors (Lipinski definition) is 2. The lowest BCUT2D eigenvalue weighted by molar-refractivity contribution is 0.659. The Morgan fingerprint density at radius 2 is 2.06 bits per heavy atom. The van der Waals surface area contributed by atoms with Crippen LogP contribution in [0.25, 0.3) is 0 Å². The Morgan fingerprint density at radius 3 is 2.76 bits per heavy atom. The largest absolute Gasteiger partial charge is 0.381 e. The molecule has 1 heterocycles. The van der Waals surface area contributed by atoms with E-state index >= 15 is 0 Å². The lowest BCUT2D eigenvalue weighted by Crippen LogP contribution is -2.01. The first-order valence-electron chi connectivity index (χ1n) is 6.16.